The molecule has 0 radical (unpaired) electrons. The highest BCUT2D eigenvalue weighted by molar-refractivity contribution is 7.09. The number of ether oxygens (including phenoxy) is 1. The van der Waals surface area contributed by atoms with Crippen LogP contribution in [0.3, 0.4) is 0 Å². The maximum Gasteiger partial charge on any atom is 0.0945 e. The second-order valence-electron chi connectivity index (χ2n) is 6.58. The van der Waals surface area contributed by atoms with E-state index in [1.54, 1.807) is 11.3 Å². The number of likely N-dealkylation sites (N-methyl/N-ethyl adjacent to an activating group) is 1. The monoisotopic (exact) mass is 282 g/mol. The maximum absolute atomic E-state index is 5.88. The van der Waals surface area contributed by atoms with E-state index in [-0.39, 0.29) is 5.41 Å². The van der Waals surface area contributed by atoms with E-state index in [1.807, 2.05) is 7.05 Å². The van der Waals surface area contributed by atoms with Crippen molar-refractivity contribution in [1.29, 1.82) is 0 Å². The van der Waals surface area contributed by atoms with Crippen LogP contribution in [0.4, 0.5) is 0 Å². The van der Waals surface area contributed by atoms with Crippen molar-refractivity contribution in [3.8, 4) is 0 Å². The summed E-state index contributed by atoms with van der Waals surface area (Å²) < 4.78 is 5.88. The van der Waals surface area contributed by atoms with Gasteiger partial charge in [0.2, 0.25) is 0 Å². The molecule has 0 aliphatic carbocycles. The lowest BCUT2D eigenvalue weighted by Crippen LogP contribution is -2.41. The highest BCUT2D eigenvalue weighted by Gasteiger charge is 2.32. The van der Waals surface area contributed by atoms with Crippen LogP contribution in [-0.2, 0) is 16.6 Å². The van der Waals surface area contributed by atoms with E-state index < -0.39 is 0 Å². The molecule has 1 aliphatic rings. The lowest BCUT2D eigenvalue weighted by molar-refractivity contribution is 0.0633. The molecule has 0 bridgehead atoms. The van der Waals surface area contributed by atoms with Crippen molar-refractivity contribution < 1.29 is 4.74 Å². The Balaban J connectivity index is 2.04. The van der Waals surface area contributed by atoms with Crippen LogP contribution in [0, 0.1) is 5.92 Å². The van der Waals surface area contributed by atoms with E-state index in [2.05, 4.69) is 38.4 Å². The first-order valence-corrected chi connectivity index (χ1v) is 8.03. The Morgan fingerprint density at radius 1 is 1.53 bits per heavy atom. The molecule has 108 valence electrons. The summed E-state index contributed by atoms with van der Waals surface area (Å²) in [5, 5.41) is 6.82. The molecule has 0 saturated carbocycles. The molecule has 1 N–H and O–H groups in total. The average molecular weight is 282 g/mol. The normalized spacial score (nSPS) is 25.7. The molecule has 0 aromatic carbocycles. The largest absolute Gasteiger partial charge is 0.376 e. The first-order valence-electron chi connectivity index (χ1n) is 7.15. The van der Waals surface area contributed by atoms with E-state index in [4.69, 9.17) is 9.72 Å². The van der Waals surface area contributed by atoms with Crippen molar-refractivity contribution in [2.24, 2.45) is 5.92 Å². The molecule has 1 saturated heterocycles. The Kier molecular flexibility index (Phi) is 4.64. The highest BCUT2D eigenvalue weighted by Crippen LogP contribution is 2.27. The first-order chi connectivity index (χ1) is 8.91. The summed E-state index contributed by atoms with van der Waals surface area (Å²) in [6.07, 6.45) is 2.47. The number of rotatable bonds is 4. The van der Waals surface area contributed by atoms with E-state index in [1.165, 1.54) is 17.1 Å². The fourth-order valence-corrected chi connectivity index (χ4v) is 3.63. The van der Waals surface area contributed by atoms with Gasteiger partial charge >= 0.3 is 0 Å². The van der Waals surface area contributed by atoms with Gasteiger partial charge in [-0.3, -0.25) is 0 Å². The van der Waals surface area contributed by atoms with Crippen LogP contribution in [0.15, 0.2) is 5.38 Å². The van der Waals surface area contributed by atoms with Crippen molar-refractivity contribution in [3.63, 3.8) is 0 Å². The minimum Gasteiger partial charge on any atom is -0.376 e. The molecule has 0 amide bonds. The minimum atomic E-state index is 0.140. The van der Waals surface area contributed by atoms with Crippen LogP contribution in [0.2, 0.25) is 0 Å². The number of aromatic nitrogens is 1. The van der Waals surface area contributed by atoms with Crippen LogP contribution >= 0.6 is 11.3 Å². The van der Waals surface area contributed by atoms with Crippen LogP contribution in [-0.4, -0.2) is 30.8 Å². The molecule has 1 aromatic heterocycles. The zero-order valence-electron chi connectivity index (χ0n) is 12.7. The number of nitrogens with one attached hydrogen (secondary N) is 1. The van der Waals surface area contributed by atoms with Crippen LogP contribution in [0.1, 0.15) is 44.8 Å². The van der Waals surface area contributed by atoms with Gasteiger partial charge in [-0.15, -0.1) is 11.3 Å². The molecule has 1 aromatic rings. The van der Waals surface area contributed by atoms with Crippen LogP contribution in [0.5, 0.6) is 0 Å². The summed E-state index contributed by atoms with van der Waals surface area (Å²) in [5.74, 6) is 0.638. The quantitative estimate of drug-likeness (QED) is 0.922. The Labute approximate surface area is 120 Å². The van der Waals surface area contributed by atoms with E-state index in [9.17, 15) is 0 Å². The molecule has 1 aliphatic heterocycles. The molecular weight excluding hydrogens is 256 g/mol. The summed E-state index contributed by atoms with van der Waals surface area (Å²) in [5.41, 5.74) is 1.34. The fraction of sp³-hybridized carbons (Fsp3) is 0.800. The summed E-state index contributed by atoms with van der Waals surface area (Å²) >= 11 is 1.77. The standard InChI is InChI=1S/C15H26N2OS/c1-10-6-7-18-14(10)11(16-5)8-13-17-12(9-19-13)15(2,3)4/h9-11,14,16H,6-8H2,1-5H3. The molecule has 4 heteroatoms. The summed E-state index contributed by atoms with van der Waals surface area (Å²) in [4.78, 5) is 4.79. The van der Waals surface area contributed by atoms with Crippen molar-refractivity contribution >= 4 is 11.3 Å². The zero-order valence-corrected chi connectivity index (χ0v) is 13.5. The van der Waals surface area contributed by atoms with Gasteiger partial charge in [0, 0.05) is 29.9 Å². The minimum absolute atomic E-state index is 0.140. The molecule has 2 rings (SSSR count). The zero-order chi connectivity index (χ0) is 14.0. The topological polar surface area (TPSA) is 34.2 Å². The number of hydrogen-bond acceptors (Lipinski definition) is 4. The summed E-state index contributed by atoms with van der Waals surface area (Å²) in [7, 11) is 2.03. The third-order valence-electron chi connectivity index (χ3n) is 3.93. The lowest BCUT2D eigenvalue weighted by Gasteiger charge is -2.25. The lowest BCUT2D eigenvalue weighted by atomic mass is 9.93. The van der Waals surface area contributed by atoms with Gasteiger partial charge in [0.15, 0.2) is 0 Å². The highest BCUT2D eigenvalue weighted by atomic mass is 32.1. The van der Waals surface area contributed by atoms with Crippen LogP contribution < -0.4 is 5.32 Å². The third kappa shape index (κ3) is 3.56. The number of hydrogen-bond donors (Lipinski definition) is 1. The maximum atomic E-state index is 5.88. The molecule has 3 nitrogen and oxygen atoms in total. The Bertz CT molecular complexity index is 411. The van der Waals surface area contributed by atoms with Gasteiger partial charge < -0.3 is 10.1 Å². The predicted octanol–water partition coefficient (Wildman–Crippen LogP) is 3.00. The summed E-state index contributed by atoms with van der Waals surface area (Å²) in [6.45, 7) is 9.82. The second-order valence-corrected chi connectivity index (χ2v) is 7.52. The van der Waals surface area contributed by atoms with Crippen molar-refractivity contribution in [2.45, 2.75) is 58.1 Å². The average Bonchev–Trinajstić information content (AvgIpc) is 2.94. The van der Waals surface area contributed by atoms with Gasteiger partial charge in [0.05, 0.1) is 16.8 Å². The molecule has 19 heavy (non-hydrogen) atoms. The Hall–Kier alpha value is -0.450. The van der Waals surface area contributed by atoms with Gasteiger partial charge in [-0.05, 0) is 19.4 Å². The van der Waals surface area contributed by atoms with E-state index in [0.717, 1.165) is 13.0 Å². The third-order valence-corrected chi connectivity index (χ3v) is 4.80. The molecule has 1 fully saturated rings. The number of thiazole rings is 1. The second kappa shape index (κ2) is 5.90. The fourth-order valence-electron chi connectivity index (χ4n) is 2.55. The van der Waals surface area contributed by atoms with Crippen molar-refractivity contribution in [3.05, 3.63) is 16.1 Å². The Morgan fingerprint density at radius 3 is 2.74 bits per heavy atom. The summed E-state index contributed by atoms with van der Waals surface area (Å²) in [6, 6.07) is 0.372. The van der Waals surface area contributed by atoms with Gasteiger partial charge in [0.25, 0.3) is 0 Å². The molecule has 2 heterocycles. The van der Waals surface area contributed by atoms with Crippen molar-refractivity contribution in [2.75, 3.05) is 13.7 Å². The first kappa shape index (κ1) is 14.9. The van der Waals surface area contributed by atoms with Crippen LogP contribution in [0.25, 0.3) is 0 Å². The van der Waals surface area contributed by atoms with Crippen molar-refractivity contribution in [1.82, 2.24) is 10.3 Å². The molecule has 3 unspecified atom stereocenters. The van der Waals surface area contributed by atoms with E-state index in [0.29, 0.717) is 18.1 Å². The van der Waals surface area contributed by atoms with E-state index >= 15 is 0 Å². The Morgan fingerprint density at radius 2 is 2.26 bits per heavy atom. The van der Waals surface area contributed by atoms with Gasteiger partial charge in [-0.1, -0.05) is 27.7 Å². The number of nitrogens with zero attached hydrogens (tertiary/aromatic N) is 1. The molecule has 3 atom stereocenters. The SMILES string of the molecule is CNC(Cc1nc(C(C)(C)C)cs1)C1OCCC1C. The van der Waals surface area contributed by atoms with Gasteiger partial charge in [0.1, 0.15) is 0 Å². The van der Waals surface area contributed by atoms with Gasteiger partial charge in [-0.2, -0.15) is 0 Å². The smallest absolute Gasteiger partial charge is 0.0945 e. The predicted molar refractivity (Wildman–Crippen MR) is 80.9 cm³/mol. The molecule has 0 spiro atoms. The molecular formula is C15H26N2OS. The van der Waals surface area contributed by atoms with Gasteiger partial charge in [-0.25, -0.2) is 4.98 Å².